The first-order chi connectivity index (χ1) is 39.8. The molecule has 86 heavy (non-hydrogen) atoms. The van der Waals surface area contributed by atoms with Gasteiger partial charge < -0.3 is 15.4 Å². The van der Waals surface area contributed by atoms with Crippen LogP contribution in [0.25, 0.3) is 0 Å². The Balaban J connectivity index is 0.00000162. The summed E-state index contributed by atoms with van der Waals surface area (Å²) in [5.41, 5.74) is 2.25. The zero-order chi connectivity index (χ0) is 66.7. The summed E-state index contributed by atoms with van der Waals surface area (Å²) in [6.45, 7) is 4.91. The number of benzene rings is 1. The number of anilines is 1. The molecule has 0 bridgehead atoms. The number of hydrogen-bond acceptors (Lipinski definition) is 4. The van der Waals surface area contributed by atoms with Gasteiger partial charge in [0.25, 0.3) is 0 Å². The normalized spacial score (nSPS) is 11.1. The van der Waals surface area contributed by atoms with Crippen LogP contribution in [0.1, 0.15) is 5.56 Å². The highest BCUT2D eigenvalue weighted by molar-refractivity contribution is 8.39. The van der Waals surface area contributed by atoms with Gasteiger partial charge in [-0.15, -0.1) is 0 Å². The Morgan fingerprint density at radius 2 is 0.605 bits per heavy atom. The van der Waals surface area contributed by atoms with Crippen molar-refractivity contribution in [1.29, 1.82) is 0 Å². The lowest BCUT2D eigenvalue weighted by atomic mass is 8.22. The zero-order valence-corrected chi connectivity index (χ0v) is 50.0. The summed E-state index contributed by atoms with van der Waals surface area (Å²) in [6.07, 6.45) is -48.0. The van der Waals surface area contributed by atoms with E-state index in [4.69, 9.17) is 268 Å². The summed E-state index contributed by atoms with van der Waals surface area (Å²) in [5, 5.41) is 5.66. The minimum Gasteiger partial charge on any atom is -0.379 e. The second kappa shape index (κ2) is 42.4. The maximum atomic E-state index is 11.1. The molecule has 0 spiro atoms. The Morgan fingerprint density at radius 3 is 0.826 bits per heavy atom. The molecule has 1 aliphatic heterocycles. The summed E-state index contributed by atoms with van der Waals surface area (Å²) in [6, 6.07) is 8.22. The summed E-state index contributed by atoms with van der Waals surface area (Å²) >= 11 is 0. The van der Waals surface area contributed by atoms with Crippen LogP contribution in [0.15, 0.2) is 24.3 Å². The molecule has 1 amide bonds. The van der Waals surface area contributed by atoms with E-state index in [0.717, 1.165) is 45.6 Å². The molecule has 1 aliphatic rings. The molecule has 1 heterocycles. The fraction of sp³-hybridized carbons (Fsp3) is 0.500. The topological polar surface area (TPSA) is 53.6 Å². The highest BCUT2D eigenvalue weighted by Crippen LogP contribution is 2.26. The van der Waals surface area contributed by atoms with Crippen LogP contribution in [0.5, 0.6) is 0 Å². The number of carbonyl (C=O) groups excluding carboxylic acids is 1. The molecule has 72 heteroatoms. The predicted octanol–water partition coefficient (Wildman–Crippen LogP) is -24.8. The quantitative estimate of drug-likeness (QED) is 0.0652. The van der Waals surface area contributed by atoms with Gasteiger partial charge in [-0.05, 0) is 17.7 Å². The third-order valence-electron chi connectivity index (χ3n) is 17.2. The lowest BCUT2D eigenvalue weighted by molar-refractivity contribution is -0.118. The van der Waals surface area contributed by atoms with E-state index in [1.807, 2.05) is 12.1 Å². The van der Waals surface area contributed by atoms with Crippen molar-refractivity contribution in [1.82, 2.24) is 10.2 Å². The lowest BCUT2D eigenvalue weighted by Gasteiger charge is -2.60. The predicted molar refractivity (Wildman–Crippen MR) is 461 cm³/mol. The minimum atomic E-state index is -1.64. The number of rotatable bonds is 37. The van der Waals surface area contributed by atoms with Crippen molar-refractivity contribution in [2.75, 3.05) is 45.2 Å². The van der Waals surface area contributed by atoms with Gasteiger partial charge in [-0.1, -0.05) is 12.1 Å². The van der Waals surface area contributed by atoms with E-state index in [1.165, 1.54) is 5.56 Å². The van der Waals surface area contributed by atoms with E-state index in [-0.39, 0.29) is 5.91 Å². The average molecular weight is 988 g/mol. The molecule has 0 atom stereocenters. The van der Waals surface area contributed by atoms with E-state index < -0.39 is 204 Å². The summed E-state index contributed by atoms with van der Waals surface area (Å²) in [7, 11) is 230. The first kappa shape index (κ1) is 86.8. The Bertz CT molecular complexity index is 1780. The van der Waals surface area contributed by atoms with Gasteiger partial charge in [0.05, 0.1) is 19.8 Å². The van der Waals surface area contributed by atoms with Crippen LogP contribution >= 0.6 is 0 Å². The van der Waals surface area contributed by atoms with E-state index in [2.05, 4.69) is 27.7 Å². The van der Waals surface area contributed by atoms with E-state index in [1.54, 1.807) is 7.05 Å². The van der Waals surface area contributed by atoms with Crippen LogP contribution in [0.2, 0.25) is 0 Å². The van der Waals surface area contributed by atoms with E-state index in [9.17, 15) is 4.79 Å². The van der Waals surface area contributed by atoms with E-state index in [0.29, 0.717) is 6.54 Å². The molecule has 2 rings (SSSR count). The molecule has 2 N–H and O–H groups in total. The zero-order valence-electron chi connectivity index (χ0n) is 50.0. The molecule has 1 aromatic rings. The maximum Gasteiger partial charge on any atom is 0.239 e. The Labute approximate surface area is 582 Å². The third kappa shape index (κ3) is 25.6. The van der Waals surface area contributed by atoms with Crippen LogP contribution in [-0.2, 0) is 16.1 Å². The smallest absolute Gasteiger partial charge is 0.239 e. The highest BCUT2D eigenvalue weighted by atomic mass is 16.5. The van der Waals surface area contributed by atoms with E-state index >= 15 is 0 Å². The second-order valence-corrected chi connectivity index (χ2v) is 23.3. The minimum absolute atomic E-state index is 0.0163. The molecule has 69 radical (unpaired) electrons. The molecule has 1 fully saturated rings. The number of morpholine rings is 1. The van der Waals surface area contributed by atoms with Crippen LogP contribution in [-0.4, -0.2) is 525 Å². The average Bonchev–Trinajstić information content (AvgIpc) is 0.783. The Morgan fingerprint density at radius 1 is 0.384 bits per heavy atom. The number of likely N-dealkylation sites (N-methyl/N-ethyl adjacent to an activating group) is 1. The molecule has 1 saturated heterocycles. The maximum absolute atomic E-state index is 11.1. The van der Waals surface area contributed by atoms with Crippen LogP contribution in [0.4, 0.5) is 5.69 Å². The standard InChI is InChI=1S/C14H21N3O2.B67/c1-15-14(18)10-16-13-4-2-12(3-5-13)11-17-6-8-19-9-7-17;1-35-52(34)61(53(36(2)3)37(4)5)65(60(50(30)31)51(32)33)67(64(58(46(22)23)47(24)25)59(48(26)27)49(28)29)66(62(54(38(6)7)39(8)9)55(40(10)11)41(12)13)63(56(42(14)15)43(16)17)57(44(18)19)45(20)21/h2-5,16H,6-11H2,1H3,(H,15,18);. The fourth-order valence-corrected chi connectivity index (χ4v) is 13.7. The Kier molecular flexibility index (Phi) is 42.8. The third-order valence-corrected chi connectivity index (χ3v) is 17.2. The van der Waals surface area contributed by atoms with Gasteiger partial charge in [0.15, 0.2) is 0 Å². The SMILES string of the molecule is CNC(=O)CNc1ccc(CN2CCOCC2)cc1.[B][B]B([B])B(B(B([B])[B])B([B])[B])B(B(B([B])[B])B([B])[B])B(B(B(B([B])[B])B([B])[B])B(B([B])[B])B([B])[B])B(B(B(B([B])[B])B([B])[B])B(B([B])[B])B([B])[B])B(B(B([B])[B])B([B])[B])B(B([B])[B])B([B])[B]. The molecule has 305 valence electrons. The van der Waals surface area contributed by atoms with Gasteiger partial charge in [-0.25, -0.2) is 0 Å². The van der Waals surface area contributed by atoms with Crippen LogP contribution in [0, 0.1) is 0 Å². The molecule has 0 unspecified atom stereocenters. The lowest BCUT2D eigenvalue weighted by Crippen LogP contribution is -2.98. The van der Waals surface area contributed by atoms with Crippen molar-refractivity contribution in [2.45, 2.75) is 6.54 Å². The Hall–Kier alpha value is 2.76. The van der Waals surface area contributed by atoms with Crippen molar-refractivity contribution in [3.63, 3.8) is 0 Å². The van der Waals surface area contributed by atoms with Crippen LogP contribution in [0.3, 0.4) is 0 Å². The first-order valence-corrected chi connectivity index (χ1v) is 28.6. The number of nitrogens with zero attached hydrogens (tertiary/aromatic N) is 1. The van der Waals surface area contributed by atoms with Gasteiger partial charge in [-0.3, -0.25) is 9.69 Å². The van der Waals surface area contributed by atoms with Crippen molar-refractivity contribution in [3.05, 3.63) is 29.8 Å². The first-order valence-electron chi connectivity index (χ1n) is 28.6. The second-order valence-electron chi connectivity index (χ2n) is 23.3. The number of ether oxygens (including phenoxy) is 1. The highest BCUT2D eigenvalue weighted by Gasteiger charge is 2.64. The molecular weight excluding hydrogens is 967 g/mol. The molecule has 0 aliphatic carbocycles. The number of hydrogen-bond donors (Lipinski definition) is 2. The van der Waals surface area contributed by atoms with Gasteiger partial charge in [0, 0.05) is 507 Å². The van der Waals surface area contributed by atoms with Gasteiger partial charge >= 0.3 is 0 Å². The molecule has 0 aromatic heterocycles. The van der Waals surface area contributed by atoms with Crippen molar-refractivity contribution in [3.8, 4) is 0 Å². The molecular formula is C14H21B67N3O2. The van der Waals surface area contributed by atoms with Crippen LogP contribution < -0.4 is 10.6 Å². The molecule has 1 aromatic carbocycles. The number of amides is 1. The van der Waals surface area contributed by atoms with Gasteiger partial charge in [0.1, 0.15) is 0 Å². The van der Waals surface area contributed by atoms with Gasteiger partial charge in [-0.2, -0.15) is 0 Å². The van der Waals surface area contributed by atoms with Crippen molar-refractivity contribution >= 4 is 486 Å². The summed E-state index contributed by atoms with van der Waals surface area (Å²) in [4.78, 5) is 13.5. The monoisotopic (exact) mass is 1000 g/mol. The molecule has 5 nitrogen and oxygen atoms in total. The molecule has 0 saturated carbocycles. The van der Waals surface area contributed by atoms with Gasteiger partial charge in [0.2, 0.25) is 5.91 Å². The van der Waals surface area contributed by atoms with Crippen molar-refractivity contribution < 1.29 is 9.53 Å². The largest absolute Gasteiger partial charge is 0.379 e. The summed E-state index contributed by atoms with van der Waals surface area (Å²) < 4.78 is 5.33. The summed E-state index contributed by atoms with van der Waals surface area (Å²) in [5.74, 6) is -0.0163. The fourth-order valence-electron chi connectivity index (χ4n) is 13.7. The number of nitrogens with one attached hydrogen (secondary N) is 2. The van der Waals surface area contributed by atoms with Crippen molar-refractivity contribution in [2.24, 2.45) is 0 Å². The number of carbonyl (C=O) groups is 1.